The molecule has 0 radical (unpaired) electrons. The molecule has 2 saturated heterocycles. The van der Waals surface area contributed by atoms with Gasteiger partial charge in [-0.15, -0.1) is 0 Å². The van der Waals surface area contributed by atoms with Crippen LogP contribution in [-0.2, 0) is 6.42 Å². The maximum atomic E-state index is 14.3. The van der Waals surface area contributed by atoms with E-state index in [1.54, 1.807) is 11.1 Å². The van der Waals surface area contributed by atoms with Crippen molar-refractivity contribution < 1.29 is 18.7 Å². The molecule has 3 aliphatic heterocycles. The third kappa shape index (κ3) is 6.22. The molecule has 11 heteroatoms. The van der Waals surface area contributed by atoms with Crippen molar-refractivity contribution in [2.45, 2.75) is 83.5 Å². The molecular weight excluding hydrogens is 609 g/mol. The molecule has 3 fully saturated rings. The number of halogens is 1. The van der Waals surface area contributed by atoms with Gasteiger partial charge >= 0.3 is 0 Å². The highest BCUT2D eigenvalue weighted by molar-refractivity contribution is 5.97. The number of anilines is 1. The molecule has 3 aromatic rings. The minimum Gasteiger partial charge on any atom is -0.490 e. The highest BCUT2D eigenvalue weighted by atomic mass is 19.1. The summed E-state index contributed by atoms with van der Waals surface area (Å²) < 4.78 is 27.3. The number of carbonyl (C=O) groups is 1. The molecule has 1 saturated carbocycles. The Hall–Kier alpha value is -3.83. The topological polar surface area (TPSA) is 87.2 Å². The van der Waals surface area contributed by atoms with E-state index in [1.165, 1.54) is 55.0 Å². The summed E-state index contributed by atoms with van der Waals surface area (Å²) in [5.74, 6) is 1.67. The van der Waals surface area contributed by atoms with Gasteiger partial charge in [-0.05, 0) is 97.8 Å². The Labute approximate surface area is 283 Å². The molecule has 10 nitrogen and oxygen atoms in total. The Morgan fingerprint density at radius 2 is 1.92 bits per heavy atom. The van der Waals surface area contributed by atoms with Gasteiger partial charge in [-0.25, -0.2) is 14.4 Å². The molecule has 1 aromatic carbocycles. The van der Waals surface area contributed by atoms with E-state index in [9.17, 15) is 9.18 Å². The summed E-state index contributed by atoms with van der Waals surface area (Å²) in [7, 11) is 4.31. The summed E-state index contributed by atoms with van der Waals surface area (Å²) in [6.07, 6.45) is 11.8. The maximum absolute atomic E-state index is 14.3. The third-order valence-electron chi connectivity index (χ3n) is 10.8. The van der Waals surface area contributed by atoms with Crippen LogP contribution in [0.3, 0.4) is 0 Å². The predicted octanol–water partition coefficient (Wildman–Crippen LogP) is 5.73. The Morgan fingerprint density at radius 3 is 2.67 bits per heavy atom. The molecule has 1 aliphatic carbocycles. The van der Waals surface area contributed by atoms with Crippen LogP contribution >= 0.6 is 0 Å². The van der Waals surface area contributed by atoms with Crippen molar-refractivity contribution in [3.63, 3.8) is 0 Å². The van der Waals surface area contributed by atoms with Crippen molar-refractivity contribution in [1.29, 1.82) is 0 Å². The Morgan fingerprint density at radius 1 is 1.10 bits per heavy atom. The van der Waals surface area contributed by atoms with Crippen LogP contribution in [0.2, 0.25) is 0 Å². The number of aromatic nitrogens is 3. The van der Waals surface area contributed by atoms with E-state index in [1.807, 2.05) is 27.0 Å². The Balaban J connectivity index is 0.999. The number of hydrogen-bond donors (Lipinski definition) is 0. The molecule has 1 amide bonds. The summed E-state index contributed by atoms with van der Waals surface area (Å²) in [6.45, 7) is 10.2. The van der Waals surface area contributed by atoms with Crippen LogP contribution in [0.25, 0.3) is 0 Å². The maximum Gasteiger partial charge on any atom is 0.257 e. The second kappa shape index (κ2) is 13.2. The second-order valence-electron chi connectivity index (χ2n) is 14.6. The summed E-state index contributed by atoms with van der Waals surface area (Å²) in [5.41, 5.74) is 2.89. The van der Waals surface area contributed by atoms with Crippen molar-refractivity contribution in [2.24, 2.45) is 5.41 Å². The van der Waals surface area contributed by atoms with Crippen molar-refractivity contribution in [3.8, 4) is 17.2 Å². The fraction of sp³-hybridized carbons (Fsp3) is 0.568. The van der Waals surface area contributed by atoms with Gasteiger partial charge in [0.15, 0.2) is 11.6 Å². The number of benzene rings is 1. The normalized spacial score (nSPS) is 21.5. The van der Waals surface area contributed by atoms with Gasteiger partial charge in [0.25, 0.3) is 5.91 Å². The van der Waals surface area contributed by atoms with Gasteiger partial charge in [-0.3, -0.25) is 14.7 Å². The minimum atomic E-state index is -0.487. The first kappa shape index (κ1) is 32.7. The number of amides is 1. The van der Waals surface area contributed by atoms with Crippen molar-refractivity contribution in [1.82, 2.24) is 29.7 Å². The van der Waals surface area contributed by atoms with E-state index in [0.29, 0.717) is 30.2 Å². The average Bonchev–Trinajstić information content (AvgIpc) is 3.45. The lowest BCUT2D eigenvalue weighted by Crippen LogP contribution is -2.65. The van der Waals surface area contributed by atoms with E-state index >= 15 is 0 Å². The predicted molar refractivity (Wildman–Crippen MR) is 182 cm³/mol. The number of hydrogen-bond acceptors (Lipinski definition) is 9. The molecule has 0 N–H and O–H groups in total. The zero-order valence-corrected chi connectivity index (χ0v) is 28.9. The van der Waals surface area contributed by atoms with Gasteiger partial charge in [0.1, 0.15) is 29.7 Å². The Kier molecular flexibility index (Phi) is 9.02. The van der Waals surface area contributed by atoms with Crippen molar-refractivity contribution >= 4 is 11.7 Å². The van der Waals surface area contributed by atoms with E-state index in [4.69, 9.17) is 14.5 Å². The summed E-state index contributed by atoms with van der Waals surface area (Å²) >= 11 is 0. The smallest absolute Gasteiger partial charge is 0.257 e. The van der Waals surface area contributed by atoms with Crippen LogP contribution in [0.4, 0.5) is 10.2 Å². The molecule has 0 bridgehead atoms. The van der Waals surface area contributed by atoms with E-state index < -0.39 is 5.82 Å². The number of fused-ring (bicyclic) bond motifs is 3. The van der Waals surface area contributed by atoms with Crippen LogP contribution in [0.1, 0.15) is 80.5 Å². The van der Waals surface area contributed by atoms with Gasteiger partial charge in [0.2, 0.25) is 0 Å². The molecule has 256 valence electrons. The fourth-order valence-corrected chi connectivity index (χ4v) is 8.43. The number of carbonyl (C=O) groups excluding carboxylic acids is 1. The molecule has 2 aromatic heterocycles. The second-order valence-corrected chi connectivity index (χ2v) is 14.6. The summed E-state index contributed by atoms with van der Waals surface area (Å²) in [6, 6.07) is 7.13. The first-order valence-electron chi connectivity index (χ1n) is 17.5. The van der Waals surface area contributed by atoms with Crippen LogP contribution in [0.15, 0.2) is 43.0 Å². The van der Waals surface area contributed by atoms with Crippen molar-refractivity contribution in [3.05, 3.63) is 65.6 Å². The van der Waals surface area contributed by atoms with Gasteiger partial charge in [0, 0.05) is 67.9 Å². The Bertz CT molecular complexity index is 1640. The SMILES string of the molecule is CCN(C(=O)c1cc(F)ccc1Oc1cncnc1N1CC2(CC(Oc3ccnc4c3[C@@H]3CC[C@H](CCN(C)C)N3CC4)C2)C1)C(C)C. The number of pyridine rings is 1. The zero-order valence-electron chi connectivity index (χ0n) is 28.9. The molecule has 5 heterocycles. The van der Waals surface area contributed by atoms with E-state index in [2.05, 4.69) is 44.8 Å². The average molecular weight is 658 g/mol. The highest BCUT2D eigenvalue weighted by Crippen LogP contribution is 2.53. The van der Waals surface area contributed by atoms with E-state index in [-0.39, 0.29) is 34.8 Å². The lowest BCUT2D eigenvalue weighted by Gasteiger charge is -2.59. The van der Waals surface area contributed by atoms with Gasteiger partial charge in [0.05, 0.1) is 17.5 Å². The first-order chi connectivity index (χ1) is 23.1. The quantitative estimate of drug-likeness (QED) is 0.257. The summed E-state index contributed by atoms with van der Waals surface area (Å²) in [4.78, 5) is 35.8. The molecule has 4 aliphatic rings. The standard InChI is InChI=1S/C37H48FN7O3/c1-6-44(24(2)3)36(46)28-17-25(38)7-10-31(28)48-33-20-39-23-41-35(33)43-21-37(22-43)18-27(19-37)47-32-11-14-40-29-13-16-45-26(12-15-42(4)5)8-9-30(45)34(29)32/h7,10-11,14,17,20,23-24,26-27,30H,6,8-9,12-13,15-16,18-19,21-22H2,1-5H3/t26-,30+/m1/s1. The number of rotatable bonds is 11. The molecule has 0 unspecified atom stereocenters. The van der Waals surface area contributed by atoms with Gasteiger partial charge in [-0.2, -0.15) is 0 Å². The fourth-order valence-electron chi connectivity index (χ4n) is 8.43. The first-order valence-corrected chi connectivity index (χ1v) is 17.5. The third-order valence-corrected chi connectivity index (χ3v) is 10.8. The van der Waals surface area contributed by atoms with Gasteiger partial charge < -0.3 is 24.2 Å². The minimum absolute atomic E-state index is 0.0337. The number of ether oxygens (including phenoxy) is 2. The molecular formula is C37H48FN7O3. The zero-order chi connectivity index (χ0) is 33.6. The largest absolute Gasteiger partial charge is 0.490 e. The van der Waals surface area contributed by atoms with Crippen LogP contribution < -0.4 is 14.4 Å². The number of nitrogens with zero attached hydrogens (tertiary/aromatic N) is 7. The molecule has 48 heavy (non-hydrogen) atoms. The lowest BCUT2D eigenvalue weighted by molar-refractivity contribution is -0.0356. The summed E-state index contributed by atoms with van der Waals surface area (Å²) in [5, 5.41) is 0. The van der Waals surface area contributed by atoms with Crippen molar-refractivity contribution in [2.75, 3.05) is 51.7 Å². The van der Waals surface area contributed by atoms with Gasteiger partial charge in [-0.1, -0.05) is 0 Å². The molecule has 7 rings (SSSR count). The molecule has 1 spiro atoms. The van der Waals surface area contributed by atoms with Crippen LogP contribution in [-0.4, -0.2) is 101 Å². The molecule has 2 atom stereocenters. The van der Waals surface area contributed by atoms with E-state index in [0.717, 1.165) is 51.2 Å². The van der Waals surface area contributed by atoms with Crippen LogP contribution in [0.5, 0.6) is 17.2 Å². The highest BCUT2D eigenvalue weighted by Gasteiger charge is 2.54. The monoisotopic (exact) mass is 657 g/mol. The lowest BCUT2D eigenvalue weighted by atomic mass is 9.61. The van der Waals surface area contributed by atoms with Crippen LogP contribution in [0, 0.1) is 11.2 Å².